The summed E-state index contributed by atoms with van der Waals surface area (Å²) >= 11 is 0. The summed E-state index contributed by atoms with van der Waals surface area (Å²) in [6.45, 7) is 1.95. The zero-order chi connectivity index (χ0) is 23.6. The van der Waals surface area contributed by atoms with Crippen molar-refractivity contribution in [1.82, 2.24) is 19.7 Å². The third kappa shape index (κ3) is 4.63. The predicted octanol–water partition coefficient (Wildman–Crippen LogP) is 5.26. The first-order chi connectivity index (χ1) is 17.2. The van der Waals surface area contributed by atoms with Crippen LogP contribution >= 0.6 is 0 Å². The average molecular weight is 467 g/mol. The van der Waals surface area contributed by atoms with E-state index < -0.39 is 0 Å². The van der Waals surface area contributed by atoms with Crippen molar-refractivity contribution in [1.29, 1.82) is 0 Å². The summed E-state index contributed by atoms with van der Waals surface area (Å²) < 4.78 is 2.09. The smallest absolute Gasteiger partial charge is 0.155 e. The van der Waals surface area contributed by atoms with Crippen molar-refractivity contribution < 1.29 is 4.79 Å². The summed E-state index contributed by atoms with van der Waals surface area (Å²) in [7, 11) is 0. The predicted molar refractivity (Wildman–Crippen MR) is 139 cm³/mol. The van der Waals surface area contributed by atoms with Crippen molar-refractivity contribution >= 4 is 28.2 Å². The highest BCUT2D eigenvalue weighted by molar-refractivity contribution is 5.87. The molecule has 4 aromatic rings. The van der Waals surface area contributed by atoms with Crippen molar-refractivity contribution in [2.45, 2.75) is 50.6 Å². The molecule has 2 aromatic heterocycles. The van der Waals surface area contributed by atoms with Gasteiger partial charge in [-0.25, -0.2) is 4.98 Å². The van der Waals surface area contributed by atoms with E-state index in [2.05, 4.69) is 55.4 Å². The van der Waals surface area contributed by atoms with Gasteiger partial charge in [-0.3, -0.25) is 14.5 Å². The zero-order valence-electron chi connectivity index (χ0n) is 19.8. The topological polar surface area (TPSA) is 75.9 Å². The summed E-state index contributed by atoms with van der Waals surface area (Å²) in [6, 6.07) is 16.8. The lowest BCUT2D eigenvalue weighted by Crippen LogP contribution is -2.35. The Bertz CT molecular complexity index is 1340. The number of benzene rings is 2. The number of hydrogen-bond donors (Lipinski definition) is 1. The van der Waals surface area contributed by atoms with Gasteiger partial charge in [-0.05, 0) is 56.0 Å². The van der Waals surface area contributed by atoms with Crippen LogP contribution in [0.4, 0.5) is 11.4 Å². The van der Waals surface area contributed by atoms with E-state index in [1.54, 1.807) is 0 Å². The molecule has 1 N–H and O–H groups in total. The second-order valence-corrected chi connectivity index (χ2v) is 9.63. The van der Waals surface area contributed by atoms with Gasteiger partial charge in [-0.15, -0.1) is 0 Å². The van der Waals surface area contributed by atoms with E-state index in [-0.39, 0.29) is 6.04 Å². The largest absolute Gasteiger partial charge is 0.375 e. The molecule has 7 heteroatoms. The van der Waals surface area contributed by atoms with Crippen LogP contribution in [0.1, 0.15) is 44.6 Å². The Morgan fingerprint density at radius 1 is 0.914 bits per heavy atom. The first kappa shape index (κ1) is 21.8. The molecule has 2 aliphatic rings. The van der Waals surface area contributed by atoms with E-state index in [1.165, 1.54) is 5.69 Å². The van der Waals surface area contributed by atoms with Gasteiger partial charge in [-0.1, -0.05) is 24.6 Å². The number of rotatable bonds is 5. The maximum absolute atomic E-state index is 12.2. The maximum atomic E-state index is 12.2. The number of para-hydroxylation sites is 2. The number of piperidine rings is 1. The lowest BCUT2D eigenvalue weighted by molar-refractivity contribution is -0.121. The van der Waals surface area contributed by atoms with Crippen LogP contribution in [0.2, 0.25) is 0 Å². The molecule has 1 saturated heterocycles. The van der Waals surface area contributed by atoms with Crippen LogP contribution in [0, 0.1) is 0 Å². The lowest BCUT2D eigenvalue weighted by atomic mass is 9.94. The van der Waals surface area contributed by atoms with Gasteiger partial charge in [0, 0.05) is 42.6 Å². The summed E-state index contributed by atoms with van der Waals surface area (Å²) in [5.74, 6) is 0.343. The third-order valence-electron chi connectivity index (χ3n) is 7.29. The summed E-state index contributed by atoms with van der Waals surface area (Å²) in [5, 5.41) is 8.14. The highest BCUT2D eigenvalue weighted by Gasteiger charge is 2.24. The van der Waals surface area contributed by atoms with Crippen LogP contribution in [0.25, 0.3) is 22.3 Å². The van der Waals surface area contributed by atoms with Crippen molar-refractivity contribution in [3.63, 3.8) is 0 Å². The fourth-order valence-corrected chi connectivity index (χ4v) is 5.28. The van der Waals surface area contributed by atoms with Crippen molar-refractivity contribution in [2.24, 2.45) is 0 Å². The number of Topliss-reactive ketones (excluding diaryl/α,β-unsaturated/α-hetero) is 1. The van der Waals surface area contributed by atoms with Gasteiger partial charge < -0.3 is 10.2 Å². The standard InChI is InChI=1S/C28H30N6O/c35-28-11-4-3-10-26(28)31-21-6-5-7-23(16-21)33-14-12-22(13-15-33)34-19-20(17-30-34)27-18-29-24-8-1-2-9-25(24)32-27/h1-2,5-9,16-19,22,26,31H,3-4,10-15H2. The van der Waals surface area contributed by atoms with E-state index in [4.69, 9.17) is 4.98 Å². The second-order valence-electron chi connectivity index (χ2n) is 9.63. The fourth-order valence-electron chi connectivity index (χ4n) is 5.28. The first-order valence-corrected chi connectivity index (χ1v) is 12.6. The SMILES string of the molecule is O=C1CCCCC1Nc1cccc(N2CCC(n3cc(-c4cnc5ccccc5n4)cn3)CC2)c1. The quantitative estimate of drug-likeness (QED) is 0.432. The Hall–Kier alpha value is -3.74. The van der Waals surface area contributed by atoms with Crippen molar-refractivity contribution in [3.05, 3.63) is 67.1 Å². The number of aromatic nitrogens is 4. The molecule has 3 heterocycles. The molecule has 1 atom stereocenters. The number of nitrogens with one attached hydrogen (secondary N) is 1. The molecular formula is C28H30N6O. The third-order valence-corrected chi connectivity index (χ3v) is 7.29. The Balaban J connectivity index is 1.10. The number of nitrogens with zero attached hydrogens (tertiary/aromatic N) is 5. The van der Waals surface area contributed by atoms with E-state index in [1.807, 2.05) is 36.7 Å². The van der Waals surface area contributed by atoms with Crippen LogP contribution in [-0.4, -0.2) is 44.7 Å². The molecule has 0 bridgehead atoms. The Morgan fingerprint density at radius 2 is 1.77 bits per heavy atom. The molecule has 1 aliphatic heterocycles. The molecule has 0 radical (unpaired) electrons. The number of ketones is 1. The number of anilines is 2. The van der Waals surface area contributed by atoms with E-state index in [9.17, 15) is 4.79 Å². The van der Waals surface area contributed by atoms with Crippen LogP contribution in [-0.2, 0) is 4.79 Å². The van der Waals surface area contributed by atoms with Gasteiger partial charge in [0.2, 0.25) is 0 Å². The van der Waals surface area contributed by atoms with Gasteiger partial charge >= 0.3 is 0 Å². The van der Waals surface area contributed by atoms with Crippen molar-refractivity contribution in [3.8, 4) is 11.3 Å². The van der Waals surface area contributed by atoms with Crippen LogP contribution in [0.15, 0.2) is 67.1 Å². The monoisotopic (exact) mass is 466 g/mol. The molecule has 2 aromatic carbocycles. The molecule has 7 nitrogen and oxygen atoms in total. The minimum absolute atomic E-state index is 0.0361. The zero-order valence-corrected chi connectivity index (χ0v) is 19.8. The minimum Gasteiger partial charge on any atom is -0.375 e. The number of hydrogen-bond acceptors (Lipinski definition) is 6. The summed E-state index contributed by atoms with van der Waals surface area (Å²) in [6.07, 6.45) is 11.7. The molecule has 0 spiro atoms. The van der Waals surface area contributed by atoms with Gasteiger partial charge in [0.1, 0.15) is 0 Å². The Morgan fingerprint density at radius 3 is 2.63 bits per heavy atom. The molecule has 2 fully saturated rings. The summed E-state index contributed by atoms with van der Waals surface area (Å²) in [5.41, 5.74) is 5.91. The molecule has 6 rings (SSSR count). The highest BCUT2D eigenvalue weighted by Crippen LogP contribution is 2.30. The summed E-state index contributed by atoms with van der Waals surface area (Å²) in [4.78, 5) is 24.0. The highest BCUT2D eigenvalue weighted by atomic mass is 16.1. The van der Waals surface area contributed by atoms with Crippen LogP contribution in [0.5, 0.6) is 0 Å². The molecule has 1 aliphatic carbocycles. The van der Waals surface area contributed by atoms with E-state index >= 15 is 0 Å². The molecular weight excluding hydrogens is 436 g/mol. The normalized spacial score (nSPS) is 19.3. The number of fused-ring (bicyclic) bond motifs is 1. The van der Waals surface area contributed by atoms with Crippen LogP contribution in [0.3, 0.4) is 0 Å². The molecule has 35 heavy (non-hydrogen) atoms. The molecule has 0 amide bonds. The van der Waals surface area contributed by atoms with Gasteiger partial charge in [0.25, 0.3) is 0 Å². The molecule has 1 saturated carbocycles. The van der Waals surface area contributed by atoms with Crippen molar-refractivity contribution in [2.75, 3.05) is 23.3 Å². The van der Waals surface area contributed by atoms with E-state index in [0.717, 1.165) is 73.2 Å². The van der Waals surface area contributed by atoms with Gasteiger partial charge in [-0.2, -0.15) is 5.10 Å². The maximum Gasteiger partial charge on any atom is 0.155 e. The van der Waals surface area contributed by atoms with Gasteiger partial charge in [0.15, 0.2) is 5.78 Å². The molecule has 1 unspecified atom stereocenters. The van der Waals surface area contributed by atoms with Gasteiger partial charge in [0.05, 0.1) is 41.2 Å². The minimum atomic E-state index is -0.0361. The first-order valence-electron chi connectivity index (χ1n) is 12.6. The fraction of sp³-hybridized carbons (Fsp3) is 0.357. The van der Waals surface area contributed by atoms with E-state index in [0.29, 0.717) is 18.2 Å². The molecule has 178 valence electrons. The second kappa shape index (κ2) is 9.49. The Labute approximate surface area is 205 Å². The Kier molecular flexibility index (Phi) is 5.90. The average Bonchev–Trinajstić information content (AvgIpc) is 3.41. The van der Waals surface area contributed by atoms with Crippen LogP contribution < -0.4 is 10.2 Å². The lowest BCUT2D eigenvalue weighted by Gasteiger charge is -2.34. The number of carbonyl (C=O) groups is 1. The number of carbonyl (C=O) groups excluding carboxylic acids is 1.